The summed E-state index contributed by atoms with van der Waals surface area (Å²) in [6, 6.07) is 0. The molecule has 0 atom stereocenters. The number of halogens is 1. The fourth-order valence-corrected chi connectivity index (χ4v) is 1.58. The first-order valence-corrected chi connectivity index (χ1v) is 9.08. The summed E-state index contributed by atoms with van der Waals surface area (Å²) in [7, 11) is 0. The number of carbonyl (C=O) groups is 1. The smallest absolute Gasteiger partial charge is 0.333 e. The molecule has 0 N–H and O–H groups in total. The third kappa shape index (κ3) is 17.8. The summed E-state index contributed by atoms with van der Waals surface area (Å²) in [6.07, 6.45) is 0. The predicted molar refractivity (Wildman–Crippen MR) is 93.7 cm³/mol. The molecule has 0 saturated heterocycles. The Morgan fingerprint density at radius 2 is 1.04 bits per heavy atom. The number of rotatable bonds is 18. The van der Waals surface area contributed by atoms with Crippen molar-refractivity contribution in [2.24, 2.45) is 0 Å². The quantitative estimate of drug-likeness (QED) is 0.146. The fourth-order valence-electron chi connectivity index (χ4n) is 1.35. The van der Waals surface area contributed by atoms with Crippen LogP contribution in [0.4, 0.5) is 0 Å². The maximum atomic E-state index is 11.1. The molecule has 0 amide bonds. The summed E-state index contributed by atoms with van der Waals surface area (Å²) in [5, 5.41) is 0.837. The molecule has 0 heterocycles. The molecule has 0 fully saturated rings. The molecule has 0 aliphatic heterocycles. The predicted octanol–water partition coefficient (Wildman–Crippen LogP) is 1.58. The van der Waals surface area contributed by atoms with Gasteiger partial charge in [-0.05, 0) is 6.92 Å². The van der Waals surface area contributed by atoms with Crippen LogP contribution >= 0.6 is 15.9 Å². The first kappa shape index (κ1) is 23.5. The monoisotopic (exact) mass is 412 g/mol. The lowest BCUT2D eigenvalue weighted by atomic mass is 10.4. The SMILES string of the molecule is C=C(C)C(=O)OCCOCCOCCOCCOCCOCCBr. The normalized spacial score (nSPS) is 10.8. The summed E-state index contributed by atoms with van der Waals surface area (Å²) >= 11 is 3.28. The van der Waals surface area contributed by atoms with Crippen molar-refractivity contribution < 1.29 is 33.2 Å². The molecule has 24 heavy (non-hydrogen) atoms. The molecule has 8 heteroatoms. The Morgan fingerprint density at radius 1 is 0.708 bits per heavy atom. The van der Waals surface area contributed by atoms with Crippen LogP contribution in [0.3, 0.4) is 0 Å². The van der Waals surface area contributed by atoms with E-state index < -0.39 is 5.97 Å². The van der Waals surface area contributed by atoms with E-state index in [0.29, 0.717) is 71.6 Å². The van der Waals surface area contributed by atoms with Gasteiger partial charge in [0.15, 0.2) is 0 Å². The van der Waals surface area contributed by atoms with Gasteiger partial charge in [-0.2, -0.15) is 0 Å². The van der Waals surface area contributed by atoms with Gasteiger partial charge in [-0.3, -0.25) is 0 Å². The highest BCUT2D eigenvalue weighted by atomic mass is 79.9. The number of alkyl halides is 1. The number of carbonyl (C=O) groups excluding carboxylic acids is 1. The molecular formula is C16H29BrO7. The fraction of sp³-hybridized carbons (Fsp3) is 0.812. The van der Waals surface area contributed by atoms with Crippen LogP contribution in [-0.4, -0.2) is 84.0 Å². The minimum absolute atomic E-state index is 0.218. The van der Waals surface area contributed by atoms with Crippen molar-refractivity contribution in [1.29, 1.82) is 0 Å². The summed E-state index contributed by atoms with van der Waals surface area (Å²) in [5.74, 6) is -0.401. The van der Waals surface area contributed by atoms with Gasteiger partial charge >= 0.3 is 5.97 Å². The van der Waals surface area contributed by atoms with E-state index in [4.69, 9.17) is 28.4 Å². The van der Waals surface area contributed by atoms with Gasteiger partial charge in [0.25, 0.3) is 0 Å². The van der Waals surface area contributed by atoms with Crippen LogP contribution in [0, 0.1) is 0 Å². The third-order valence-corrected chi connectivity index (χ3v) is 2.84. The third-order valence-electron chi connectivity index (χ3n) is 2.52. The molecule has 0 unspecified atom stereocenters. The second-order valence-corrected chi connectivity index (χ2v) is 5.46. The van der Waals surface area contributed by atoms with E-state index in [1.54, 1.807) is 6.92 Å². The number of hydrogen-bond acceptors (Lipinski definition) is 7. The first-order chi connectivity index (χ1) is 11.7. The molecule has 0 aromatic rings. The van der Waals surface area contributed by atoms with Crippen LogP contribution < -0.4 is 0 Å². The summed E-state index contributed by atoms with van der Waals surface area (Å²) < 4.78 is 31.4. The van der Waals surface area contributed by atoms with E-state index in [1.165, 1.54) is 0 Å². The van der Waals surface area contributed by atoms with Crippen LogP contribution in [0.2, 0.25) is 0 Å². The average Bonchev–Trinajstić information content (AvgIpc) is 2.57. The van der Waals surface area contributed by atoms with Crippen molar-refractivity contribution in [3.05, 3.63) is 12.2 Å². The second kappa shape index (κ2) is 18.8. The van der Waals surface area contributed by atoms with Crippen LogP contribution in [0.5, 0.6) is 0 Å². The lowest BCUT2D eigenvalue weighted by Crippen LogP contribution is -2.15. The zero-order valence-corrected chi connectivity index (χ0v) is 16.0. The highest BCUT2D eigenvalue weighted by Gasteiger charge is 2.01. The van der Waals surface area contributed by atoms with Crippen molar-refractivity contribution in [2.75, 3.05) is 78.0 Å². The van der Waals surface area contributed by atoms with E-state index in [0.717, 1.165) is 5.33 Å². The van der Waals surface area contributed by atoms with Crippen molar-refractivity contribution in [3.63, 3.8) is 0 Å². The molecule has 0 aliphatic rings. The highest BCUT2D eigenvalue weighted by Crippen LogP contribution is 1.91. The molecule has 0 spiro atoms. The van der Waals surface area contributed by atoms with Gasteiger partial charge in [0.1, 0.15) is 6.61 Å². The van der Waals surface area contributed by atoms with Gasteiger partial charge in [-0.1, -0.05) is 22.5 Å². The number of hydrogen-bond donors (Lipinski definition) is 0. The summed E-state index contributed by atoms with van der Waals surface area (Å²) in [5.41, 5.74) is 0.381. The van der Waals surface area contributed by atoms with Gasteiger partial charge in [-0.15, -0.1) is 0 Å². The van der Waals surface area contributed by atoms with Crippen molar-refractivity contribution in [3.8, 4) is 0 Å². The van der Waals surface area contributed by atoms with E-state index in [-0.39, 0.29) is 6.61 Å². The molecule has 0 aliphatic carbocycles. The van der Waals surface area contributed by atoms with Gasteiger partial charge in [0.2, 0.25) is 0 Å². The minimum Gasteiger partial charge on any atom is -0.460 e. The molecule has 0 bridgehead atoms. The summed E-state index contributed by atoms with van der Waals surface area (Å²) in [4.78, 5) is 11.1. The Hall–Kier alpha value is -0.510. The number of esters is 1. The Labute approximate surface area is 152 Å². The summed E-state index contributed by atoms with van der Waals surface area (Å²) in [6.45, 7) is 10.5. The van der Waals surface area contributed by atoms with E-state index in [9.17, 15) is 4.79 Å². The maximum Gasteiger partial charge on any atom is 0.333 e. The van der Waals surface area contributed by atoms with Crippen molar-refractivity contribution in [2.45, 2.75) is 6.92 Å². The Morgan fingerprint density at radius 3 is 1.38 bits per heavy atom. The topological polar surface area (TPSA) is 72.5 Å². The van der Waals surface area contributed by atoms with E-state index in [2.05, 4.69) is 22.5 Å². The van der Waals surface area contributed by atoms with Gasteiger partial charge in [-0.25, -0.2) is 4.79 Å². The standard InChI is InChI=1S/C16H29BrO7/c1-15(2)16(18)24-14-13-23-12-11-22-10-9-21-8-7-20-6-5-19-4-3-17/h1,3-14H2,2H3. The van der Waals surface area contributed by atoms with Crippen molar-refractivity contribution in [1.82, 2.24) is 0 Å². The average molecular weight is 413 g/mol. The Bertz CT molecular complexity index is 313. The largest absolute Gasteiger partial charge is 0.460 e. The molecule has 0 saturated carbocycles. The molecule has 0 rings (SSSR count). The molecule has 0 aromatic carbocycles. The lowest BCUT2D eigenvalue weighted by Gasteiger charge is -2.08. The van der Waals surface area contributed by atoms with Crippen molar-refractivity contribution >= 4 is 21.9 Å². The zero-order valence-electron chi connectivity index (χ0n) is 14.4. The second-order valence-electron chi connectivity index (χ2n) is 4.67. The first-order valence-electron chi connectivity index (χ1n) is 7.95. The Kier molecular flexibility index (Phi) is 18.4. The van der Waals surface area contributed by atoms with Crippen LogP contribution in [0.25, 0.3) is 0 Å². The van der Waals surface area contributed by atoms with Crippen LogP contribution in [-0.2, 0) is 33.2 Å². The van der Waals surface area contributed by atoms with E-state index in [1.807, 2.05) is 0 Å². The molecule has 0 aromatic heterocycles. The number of ether oxygens (including phenoxy) is 6. The maximum absolute atomic E-state index is 11.1. The Balaban J connectivity index is 3.05. The van der Waals surface area contributed by atoms with Crippen LogP contribution in [0.15, 0.2) is 12.2 Å². The molecular weight excluding hydrogens is 384 g/mol. The minimum atomic E-state index is -0.401. The highest BCUT2D eigenvalue weighted by molar-refractivity contribution is 9.09. The molecule has 7 nitrogen and oxygen atoms in total. The van der Waals surface area contributed by atoms with Gasteiger partial charge < -0.3 is 28.4 Å². The van der Waals surface area contributed by atoms with Gasteiger partial charge in [0.05, 0.1) is 66.1 Å². The van der Waals surface area contributed by atoms with E-state index >= 15 is 0 Å². The lowest BCUT2D eigenvalue weighted by molar-refractivity contribution is -0.140. The van der Waals surface area contributed by atoms with Gasteiger partial charge in [0, 0.05) is 10.9 Å². The molecule has 142 valence electrons. The zero-order chi connectivity index (χ0) is 17.9. The van der Waals surface area contributed by atoms with Crippen LogP contribution in [0.1, 0.15) is 6.92 Å². The molecule has 0 radical (unpaired) electrons.